The SMILES string of the molecule is N#CC(=CNc1ccc2ncccc2c1)c1nc(-c2cccc([N+](=O)[O-])c2)cs1. The van der Waals surface area contributed by atoms with Gasteiger partial charge < -0.3 is 5.32 Å². The van der Waals surface area contributed by atoms with E-state index in [0.717, 1.165) is 16.6 Å². The second-order valence-corrected chi connectivity index (χ2v) is 6.93. The summed E-state index contributed by atoms with van der Waals surface area (Å²) in [7, 11) is 0. The van der Waals surface area contributed by atoms with Gasteiger partial charge in [0.15, 0.2) is 0 Å². The second-order valence-electron chi connectivity index (χ2n) is 6.07. The third kappa shape index (κ3) is 3.95. The van der Waals surface area contributed by atoms with Crippen LogP contribution in [-0.4, -0.2) is 14.9 Å². The van der Waals surface area contributed by atoms with Crippen LogP contribution < -0.4 is 5.32 Å². The first-order valence-corrected chi connectivity index (χ1v) is 9.44. The van der Waals surface area contributed by atoms with Crippen molar-refractivity contribution in [2.75, 3.05) is 5.32 Å². The number of anilines is 1. The van der Waals surface area contributed by atoms with Crippen molar-refractivity contribution in [3.63, 3.8) is 0 Å². The fourth-order valence-electron chi connectivity index (χ4n) is 2.77. The molecule has 0 spiro atoms. The van der Waals surface area contributed by atoms with Gasteiger partial charge >= 0.3 is 0 Å². The summed E-state index contributed by atoms with van der Waals surface area (Å²) >= 11 is 1.31. The largest absolute Gasteiger partial charge is 0.360 e. The summed E-state index contributed by atoms with van der Waals surface area (Å²) in [5.74, 6) is 0. The lowest BCUT2D eigenvalue weighted by Gasteiger charge is -2.03. The Morgan fingerprint density at radius 1 is 1.21 bits per heavy atom. The van der Waals surface area contributed by atoms with Crippen LogP contribution in [0.3, 0.4) is 0 Å². The number of allylic oxidation sites excluding steroid dienone is 1. The zero-order valence-electron chi connectivity index (χ0n) is 14.9. The lowest BCUT2D eigenvalue weighted by molar-refractivity contribution is -0.384. The molecule has 8 heteroatoms. The van der Waals surface area contributed by atoms with E-state index in [4.69, 9.17) is 0 Å². The molecule has 0 unspecified atom stereocenters. The van der Waals surface area contributed by atoms with Gasteiger partial charge in [-0.05, 0) is 24.3 Å². The molecule has 7 nitrogen and oxygen atoms in total. The van der Waals surface area contributed by atoms with E-state index in [0.29, 0.717) is 21.8 Å². The van der Waals surface area contributed by atoms with Crippen LogP contribution in [0.2, 0.25) is 0 Å². The van der Waals surface area contributed by atoms with Gasteiger partial charge in [-0.15, -0.1) is 11.3 Å². The van der Waals surface area contributed by atoms with Gasteiger partial charge in [0, 0.05) is 46.5 Å². The third-order valence-electron chi connectivity index (χ3n) is 4.19. The molecule has 4 aromatic rings. The Kier molecular flexibility index (Phi) is 4.97. The second kappa shape index (κ2) is 7.88. The number of benzene rings is 2. The molecular formula is C21H13N5O2S. The summed E-state index contributed by atoms with van der Waals surface area (Å²) in [4.78, 5) is 19.3. The molecular weight excluding hydrogens is 386 g/mol. The molecule has 0 aliphatic rings. The summed E-state index contributed by atoms with van der Waals surface area (Å²) in [6.45, 7) is 0. The van der Waals surface area contributed by atoms with Crippen molar-refractivity contribution in [1.82, 2.24) is 9.97 Å². The van der Waals surface area contributed by atoms with E-state index in [1.54, 1.807) is 29.9 Å². The van der Waals surface area contributed by atoms with E-state index >= 15 is 0 Å². The lowest BCUT2D eigenvalue weighted by Crippen LogP contribution is -1.92. The average molecular weight is 399 g/mol. The van der Waals surface area contributed by atoms with Crippen LogP contribution in [0.4, 0.5) is 11.4 Å². The number of nitro benzene ring substituents is 1. The predicted molar refractivity (Wildman–Crippen MR) is 113 cm³/mol. The third-order valence-corrected chi connectivity index (χ3v) is 5.07. The topological polar surface area (TPSA) is 105 Å². The van der Waals surface area contributed by atoms with Crippen molar-refractivity contribution in [1.29, 1.82) is 5.26 Å². The molecule has 0 aliphatic carbocycles. The van der Waals surface area contributed by atoms with Crippen LogP contribution in [-0.2, 0) is 0 Å². The highest BCUT2D eigenvalue weighted by Crippen LogP contribution is 2.28. The fraction of sp³-hybridized carbons (Fsp3) is 0. The molecule has 0 amide bonds. The van der Waals surface area contributed by atoms with Crippen LogP contribution >= 0.6 is 11.3 Å². The Balaban J connectivity index is 1.58. The van der Waals surface area contributed by atoms with E-state index in [9.17, 15) is 15.4 Å². The van der Waals surface area contributed by atoms with Crippen LogP contribution in [0, 0.1) is 21.4 Å². The number of fused-ring (bicyclic) bond motifs is 1. The zero-order chi connectivity index (χ0) is 20.2. The Hall–Kier alpha value is -4.09. The van der Waals surface area contributed by atoms with E-state index in [1.807, 2.05) is 30.3 Å². The number of nitriles is 1. The highest BCUT2D eigenvalue weighted by Gasteiger charge is 2.12. The number of thiazole rings is 1. The predicted octanol–water partition coefficient (Wildman–Crippen LogP) is 5.24. The maximum atomic E-state index is 11.0. The van der Waals surface area contributed by atoms with Crippen molar-refractivity contribution in [2.45, 2.75) is 0 Å². The molecule has 0 fully saturated rings. The number of hydrogen-bond acceptors (Lipinski definition) is 7. The molecule has 0 bridgehead atoms. The quantitative estimate of drug-likeness (QED) is 0.279. The van der Waals surface area contributed by atoms with Gasteiger partial charge in [-0.3, -0.25) is 15.1 Å². The summed E-state index contributed by atoms with van der Waals surface area (Å²) in [6, 6.07) is 18.0. The van der Waals surface area contributed by atoms with Gasteiger partial charge in [-0.1, -0.05) is 18.2 Å². The van der Waals surface area contributed by atoms with Gasteiger partial charge in [0.25, 0.3) is 5.69 Å². The van der Waals surface area contributed by atoms with E-state index in [-0.39, 0.29) is 5.69 Å². The van der Waals surface area contributed by atoms with Crippen molar-refractivity contribution in [2.24, 2.45) is 0 Å². The average Bonchev–Trinajstić information content (AvgIpc) is 3.24. The number of rotatable bonds is 5. The van der Waals surface area contributed by atoms with Gasteiger partial charge in [0.1, 0.15) is 16.6 Å². The highest BCUT2D eigenvalue weighted by atomic mass is 32.1. The molecule has 0 radical (unpaired) electrons. The van der Waals surface area contributed by atoms with Gasteiger partial charge in [0.05, 0.1) is 16.1 Å². The van der Waals surface area contributed by atoms with Gasteiger partial charge in [0.2, 0.25) is 0 Å². The number of non-ortho nitro benzene ring substituents is 1. The summed E-state index contributed by atoms with van der Waals surface area (Å²) < 4.78 is 0. The summed E-state index contributed by atoms with van der Waals surface area (Å²) in [5, 5.41) is 26.9. The number of aromatic nitrogens is 2. The zero-order valence-corrected chi connectivity index (χ0v) is 15.8. The monoisotopic (exact) mass is 399 g/mol. The van der Waals surface area contributed by atoms with Crippen molar-refractivity contribution in [3.8, 4) is 17.3 Å². The highest BCUT2D eigenvalue weighted by molar-refractivity contribution is 7.11. The first-order chi connectivity index (χ1) is 14.1. The minimum Gasteiger partial charge on any atom is -0.360 e. The standard InChI is InChI=1S/C21H13N5O2S/c22-11-16(12-24-17-6-7-19-14(9-17)4-2-8-23-19)21-25-20(13-29-21)15-3-1-5-18(10-15)26(27)28/h1-10,12-13,24H. The Morgan fingerprint density at radius 3 is 2.93 bits per heavy atom. The van der Waals surface area contributed by atoms with E-state index < -0.39 is 4.92 Å². The van der Waals surface area contributed by atoms with Crippen molar-refractivity contribution in [3.05, 3.63) is 87.5 Å². The molecule has 2 heterocycles. The molecule has 0 aliphatic heterocycles. The Bertz CT molecular complexity index is 1290. The minimum absolute atomic E-state index is 0.000518. The maximum absolute atomic E-state index is 11.0. The fourth-order valence-corrected chi connectivity index (χ4v) is 3.57. The molecule has 2 aromatic heterocycles. The molecule has 0 atom stereocenters. The summed E-state index contributed by atoms with van der Waals surface area (Å²) in [6.07, 6.45) is 3.35. The van der Waals surface area contributed by atoms with Gasteiger partial charge in [-0.2, -0.15) is 5.26 Å². The van der Waals surface area contributed by atoms with Crippen molar-refractivity contribution >= 4 is 39.2 Å². The summed E-state index contributed by atoms with van der Waals surface area (Å²) in [5.41, 5.74) is 3.32. The minimum atomic E-state index is -0.444. The van der Waals surface area contributed by atoms with Crippen LogP contribution in [0.1, 0.15) is 5.01 Å². The molecule has 4 rings (SSSR count). The first kappa shape index (κ1) is 18.3. The van der Waals surface area contributed by atoms with Crippen LogP contribution in [0.15, 0.2) is 72.4 Å². The number of nitrogens with one attached hydrogen (secondary N) is 1. The molecule has 2 aromatic carbocycles. The normalized spacial score (nSPS) is 11.2. The molecule has 0 saturated heterocycles. The van der Waals surface area contributed by atoms with E-state index in [1.165, 1.54) is 23.5 Å². The van der Waals surface area contributed by atoms with Crippen molar-refractivity contribution < 1.29 is 4.92 Å². The van der Waals surface area contributed by atoms with Crippen LogP contribution in [0.5, 0.6) is 0 Å². The van der Waals surface area contributed by atoms with Crippen LogP contribution in [0.25, 0.3) is 27.7 Å². The number of hydrogen-bond donors (Lipinski definition) is 1. The molecule has 0 saturated carbocycles. The molecule has 29 heavy (non-hydrogen) atoms. The number of nitro groups is 1. The first-order valence-electron chi connectivity index (χ1n) is 8.56. The maximum Gasteiger partial charge on any atom is 0.270 e. The Morgan fingerprint density at radius 2 is 2.10 bits per heavy atom. The lowest BCUT2D eigenvalue weighted by atomic mass is 10.1. The van der Waals surface area contributed by atoms with Gasteiger partial charge in [-0.25, -0.2) is 4.98 Å². The number of pyridine rings is 1. The number of nitrogens with zero attached hydrogens (tertiary/aromatic N) is 4. The molecule has 140 valence electrons. The smallest absolute Gasteiger partial charge is 0.270 e. The molecule has 1 N–H and O–H groups in total. The van der Waals surface area contributed by atoms with E-state index in [2.05, 4.69) is 21.4 Å². The Labute approximate surface area is 169 Å².